The van der Waals surface area contributed by atoms with E-state index in [1.54, 1.807) is 17.0 Å². The molecule has 94 valence electrons. The van der Waals surface area contributed by atoms with Crippen molar-refractivity contribution in [1.29, 1.82) is 0 Å². The molecule has 4 heteroatoms. The molecule has 0 aliphatic heterocycles. The van der Waals surface area contributed by atoms with Gasteiger partial charge in [-0.2, -0.15) is 0 Å². The monoisotopic (exact) mass is 236 g/mol. The maximum atomic E-state index is 11.8. The zero-order valence-electron chi connectivity index (χ0n) is 10.5. The molecule has 1 amide bonds. The third-order valence-electron chi connectivity index (χ3n) is 2.46. The lowest BCUT2D eigenvalue weighted by molar-refractivity contribution is 0.152. The number of carbonyl (C=O) groups is 1. The van der Waals surface area contributed by atoms with Gasteiger partial charge in [-0.1, -0.05) is 13.3 Å². The molecule has 0 radical (unpaired) electrons. The van der Waals surface area contributed by atoms with Crippen LogP contribution in [0.3, 0.4) is 0 Å². The fraction of sp³-hybridized carbons (Fsp3) is 0.462. The van der Waals surface area contributed by atoms with Gasteiger partial charge in [0.05, 0.1) is 6.61 Å². The molecule has 0 saturated carbocycles. The standard InChI is InChI=1S/C13H20N2O2/c1-3-5-10-17-13(16)15(4-2)12-8-6-11(14)7-9-12/h6-9H,3-5,10,14H2,1-2H3. The van der Waals surface area contributed by atoms with Crippen molar-refractivity contribution in [2.45, 2.75) is 26.7 Å². The summed E-state index contributed by atoms with van der Waals surface area (Å²) in [6.07, 6.45) is 1.61. The normalized spacial score (nSPS) is 10.0. The van der Waals surface area contributed by atoms with E-state index in [4.69, 9.17) is 10.5 Å². The highest BCUT2D eigenvalue weighted by Gasteiger charge is 2.14. The number of nitrogen functional groups attached to an aromatic ring is 1. The van der Waals surface area contributed by atoms with E-state index in [0.717, 1.165) is 18.5 Å². The van der Waals surface area contributed by atoms with Gasteiger partial charge >= 0.3 is 6.09 Å². The van der Waals surface area contributed by atoms with Gasteiger partial charge in [-0.15, -0.1) is 0 Å². The third kappa shape index (κ3) is 3.98. The molecule has 0 heterocycles. The third-order valence-corrected chi connectivity index (χ3v) is 2.46. The highest BCUT2D eigenvalue weighted by molar-refractivity contribution is 5.87. The van der Waals surface area contributed by atoms with Gasteiger partial charge in [0.1, 0.15) is 0 Å². The van der Waals surface area contributed by atoms with Crippen molar-refractivity contribution < 1.29 is 9.53 Å². The second-order valence-electron chi connectivity index (χ2n) is 3.80. The number of nitrogens with two attached hydrogens (primary N) is 1. The lowest BCUT2D eigenvalue weighted by Gasteiger charge is -2.20. The van der Waals surface area contributed by atoms with Crippen molar-refractivity contribution in [2.24, 2.45) is 0 Å². The Morgan fingerprint density at radius 1 is 1.29 bits per heavy atom. The van der Waals surface area contributed by atoms with Crippen molar-refractivity contribution in [2.75, 3.05) is 23.8 Å². The number of carbonyl (C=O) groups excluding carboxylic acids is 1. The van der Waals surface area contributed by atoms with E-state index >= 15 is 0 Å². The van der Waals surface area contributed by atoms with Gasteiger partial charge in [0.15, 0.2) is 0 Å². The summed E-state index contributed by atoms with van der Waals surface area (Å²) >= 11 is 0. The minimum Gasteiger partial charge on any atom is -0.449 e. The number of anilines is 2. The van der Waals surface area contributed by atoms with Crippen molar-refractivity contribution in [3.8, 4) is 0 Å². The van der Waals surface area contributed by atoms with Crippen LogP contribution in [0.15, 0.2) is 24.3 Å². The summed E-state index contributed by atoms with van der Waals surface area (Å²) in [5.74, 6) is 0. The molecule has 0 saturated heterocycles. The van der Waals surface area contributed by atoms with Crippen LogP contribution in [-0.4, -0.2) is 19.2 Å². The Morgan fingerprint density at radius 3 is 2.47 bits per heavy atom. The van der Waals surface area contributed by atoms with Crippen molar-refractivity contribution in [3.05, 3.63) is 24.3 Å². The number of nitrogens with zero attached hydrogens (tertiary/aromatic N) is 1. The zero-order chi connectivity index (χ0) is 12.7. The lowest BCUT2D eigenvalue weighted by Crippen LogP contribution is -2.31. The Morgan fingerprint density at radius 2 is 1.94 bits per heavy atom. The largest absolute Gasteiger partial charge is 0.449 e. The number of hydrogen-bond donors (Lipinski definition) is 1. The van der Waals surface area contributed by atoms with Crippen LogP contribution in [0.1, 0.15) is 26.7 Å². The summed E-state index contributed by atoms with van der Waals surface area (Å²) in [6, 6.07) is 7.19. The minimum atomic E-state index is -0.300. The Balaban J connectivity index is 2.64. The minimum absolute atomic E-state index is 0.300. The summed E-state index contributed by atoms with van der Waals surface area (Å²) in [7, 11) is 0. The molecular weight excluding hydrogens is 216 g/mol. The molecular formula is C13H20N2O2. The summed E-state index contributed by atoms with van der Waals surface area (Å²) in [5.41, 5.74) is 7.10. The molecule has 1 aromatic carbocycles. The topological polar surface area (TPSA) is 55.6 Å². The number of amides is 1. The highest BCUT2D eigenvalue weighted by atomic mass is 16.6. The van der Waals surface area contributed by atoms with E-state index in [0.29, 0.717) is 18.8 Å². The molecule has 0 aromatic heterocycles. The van der Waals surface area contributed by atoms with Gasteiger partial charge in [0.2, 0.25) is 0 Å². The first-order chi connectivity index (χ1) is 8.19. The summed E-state index contributed by atoms with van der Waals surface area (Å²) < 4.78 is 5.18. The summed E-state index contributed by atoms with van der Waals surface area (Å²) in [6.45, 7) is 5.03. The van der Waals surface area contributed by atoms with Crippen LogP contribution in [0.2, 0.25) is 0 Å². The van der Waals surface area contributed by atoms with Crippen LogP contribution in [0.4, 0.5) is 16.2 Å². The van der Waals surface area contributed by atoms with Crippen LogP contribution in [0.5, 0.6) is 0 Å². The molecule has 0 spiro atoms. The predicted molar refractivity (Wildman–Crippen MR) is 70.1 cm³/mol. The number of benzene rings is 1. The molecule has 1 aromatic rings. The maximum Gasteiger partial charge on any atom is 0.414 e. The fourth-order valence-electron chi connectivity index (χ4n) is 1.45. The molecule has 4 nitrogen and oxygen atoms in total. The Labute approximate surface area is 102 Å². The SMILES string of the molecule is CCCCOC(=O)N(CC)c1ccc(N)cc1. The number of hydrogen-bond acceptors (Lipinski definition) is 3. The molecule has 0 atom stereocenters. The quantitative estimate of drug-likeness (QED) is 0.631. The van der Waals surface area contributed by atoms with Gasteiger partial charge in [0, 0.05) is 17.9 Å². The maximum absolute atomic E-state index is 11.8. The Kier molecular flexibility index (Phi) is 5.33. The van der Waals surface area contributed by atoms with E-state index in [9.17, 15) is 4.79 Å². The Bertz CT molecular complexity index is 349. The molecule has 0 aliphatic rings. The molecule has 1 rings (SSSR count). The van der Waals surface area contributed by atoms with Crippen molar-refractivity contribution in [1.82, 2.24) is 0 Å². The first kappa shape index (κ1) is 13.4. The average molecular weight is 236 g/mol. The van der Waals surface area contributed by atoms with Gasteiger partial charge in [-0.25, -0.2) is 4.79 Å². The highest BCUT2D eigenvalue weighted by Crippen LogP contribution is 2.17. The van der Waals surface area contributed by atoms with E-state index in [1.165, 1.54) is 0 Å². The molecule has 0 aliphatic carbocycles. The van der Waals surface area contributed by atoms with Gasteiger partial charge in [-0.3, -0.25) is 4.90 Å². The van der Waals surface area contributed by atoms with Gasteiger partial charge in [-0.05, 0) is 37.6 Å². The van der Waals surface area contributed by atoms with Gasteiger partial charge < -0.3 is 10.5 Å². The zero-order valence-corrected chi connectivity index (χ0v) is 10.5. The van der Waals surface area contributed by atoms with Crippen molar-refractivity contribution in [3.63, 3.8) is 0 Å². The Hall–Kier alpha value is -1.71. The first-order valence-corrected chi connectivity index (χ1v) is 5.98. The fourth-order valence-corrected chi connectivity index (χ4v) is 1.45. The number of ether oxygens (including phenoxy) is 1. The smallest absolute Gasteiger partial charge is 0.414 e. The van der Waals surface area contributed by atoms with E-state index in [2.05, 4.69) is 6.92 Å². The molecule has 0 bridgehead atoms. The molecule has 0 fully saturated rings. The average Bonchev–Trinajstić information content (AvgIpc) is 2.33. The van der Waals surface area contributed by atoms with E-state index in [-0.39, 0.29) is 6.09 Å². The van der Waals surface area contributed by atoms with E-state index < -0.39 is 0 Å². The number of unbranched alkanes of at least 4 members (excludes halogenated alkanes) is 1. The first-order valence-electron chi connectivity index (χ1n) is 5.98. The summed E-state index contributed by atoms with van der Waals surface area (Å²) in [5, 5.41) is 0. The van der Waals surface area contributed by atoms with Crippen LogP contribution >= 0.6 is 0 Å². The lowest BCUT2D eigenvalue weighted by atomic mass is 10.2. The van der Waals surface area contributed by atoms with Crippen LogP contribution in [0, 0.1) is 0 Å². The van der Waals surface area contributed by atoms with Crippen LogP contribution in [0.25, 0.3) is 0 Å². The molecule has 0 unspecified atom stereocenters. The number of rotatable bonds is 5. The second kappa shape index (κ2) is 6.78. The van der Waals surface area contributed by atoms with Crippen LogP contribution < -0.4 is 10.6 Å². The van der Waals surface area contributed by atoms with E-state index in [1.807, 2.05) is 19.1 Å². The predicted octanol–water partition coefficient (Wildman–Crippen LogP) is 3.03. The van der Waals surface area contributed by atoms with Crippen LogP contribution in [-0.2, 0) is 4.74 Å². The molecule has 2 N–H and O–H groups in total. The molecule has 17 heavy (non-hydrogen) atoms. The summed E-state index contributed by atoms with van der Waals surface area (Å²) in [4.78, 5) is 13.4. The van der Waals surface area contributed by atoms with Gasteiger partial charge in [0.25, 0.3) is 0 Å². The van der Waals surface area contributed by atoms with Crippen molar-refractivity contribution >= 4 is 17.5 Å². The second-order valence-corrected chi connectivity index (χ2v) is 3.80.